The van der Waals surface area contributed by atoms with Crippen molar-refractivity contribution in [1.82, 2.24) is 4.90 Å². The van der Waals surface area contributed by atoms with E-state index in [-0.39, 0.29) is 41.5 Å². The number of fused-ring (bicyclic) bond motifs is 1. The van der Waals surface area contributed by atoms with Crippen molar-refractivity contribution < 1.29 is 19.5 Å². The Morgan fingerprint density at radius 3 is 2.10 bits per heavy atom. The van der Waals surface area contributed by atoms with E-state index in [0.717, 1.165) is 25.7 Å². The zero-order valence-electron chi connectivity index (χ0n) is 12.0. The summed E-state index contributed by atoms with van der Waals surface area (Å²) in [5.41, 5.74) is -0.319. The van der Waals surface area contributed by atoms with Gasteiger partial charge in [0.2, 0.25) is 11.8 Å². The molecule has 3 aliphatic rings. The highest BCUT2D eigenvalue weighted by Crippen LogP contribution is 2.59. The standard InChI is InChI=1S/C15H21NO4/c1-15(2)10(11(15)14(19)20)7-16-12(17)8-5-3-4-6-9(8)13(16)18/h8-11H,3-7H2,1-2H3,(H,19,20). The van der Waals surface area contributed by atoms with Crippen LogP contribution in [-0.2, 0) is 14.4 Å². The van der Waals surface area contributed by atoms with Crippen molar-refractivity contribution in [1.29, 1.82) is 0 Å². The van der Waals surface area contributed by atoms with Crippen LogP contribution in [0.5, 0.6) is 0 Å². The monoisotopic (exact) mass is 279 g/mol. The Bertz CT molecular complexity index is 460. The molecule has 110 valence electrons. The molecular formula is C15H21NO4. The summed E-state index contributed by atoms with van der Waals surface area (Å²) in [7, 11) is 0. The molecule has 5 nitrogen and oxygen atoms in total. The number of carbonyl (C=O) groups excluding carboxylic acids is 2. The van der Waals surface area contributed by atoms with E-state index < -0.39 is 11.9 Å². The molecule has 0 bridgehead atoms. The number of hydrogen-bond donors (Lipinski definition) is 1. The van der Waals surface area contributed by atoms with Crippen molar-refractivity contribution in [3.63, 3.8) is 0 Å². The van der Waals surface area contributed by atoms with E-state index >= 15 is 0 Å². The molecule has 2 saturated carbocycles. The number of aliphatic carboxylic acids is 1. The minimum atomic E-state index is -0.823. The number of nitrogens with zero attached hydrogens (tertiary/aromatic N) is 1. The predicted octanol–water partition coefficient (Wildman–Crippen LogP) is 1.52. The Kier molecular flexibility index (Phi) is 2.92. The van der Waals surface area contributed by atoms with Crippen LogP contribution in [0.1, 0.15) is 39.5 Å². The lowest BCUT2D eigenvalue weighted by Crippen LogP contribution is -2.34. The highest BCUT2D eigenvalue weighted by molar-refractivity contribution is 6.05. The molecular weight excluding hydrogens is 258 g/mol. The Morgan fingerprint density at radius 2 is 1.70 bits per heavy atom. The number of amides is 2. The maximum absolute atomic E-state index is 12.4. The van der Waals surface area contributed by atoms with E-state index in [2.05, 4.69) is 0 Å². The molecule has 5 heteroatoms. The number of rotatable bonds is 3. The molecule has 1 N–H and O–H groups in total. The average Bonchev–Trinajstić information content (AvgIpc) is 2.86. The fraction of sp³-hybridized carbons (Fsp3) is 0.800. The van der Waals surface area contributed by atoms with Gasteiger partial charge in [0.25, 0.3) is 0 Å². The third-order valence-electron chi connectivity index (χ3n) is 5.63. The maximum atomic E-state index is 12.4. The van der Waals surface area contributed by atoms with E-state index in [1.54, 1.807) is 0 Å². The number of carbonyl (C=O) groups is 3. The van der Waals surface area contributed by atoms with Gasteiger partial charge in [0.15, 0.2) is 0 Å². The van der Waals surface area contributed by atoms with Gasteiger partial charge >= 0.3 is 5.97 Å². The number of imide groups is 1. The SMILES string of the molecule is CC1(C)C(CN2C(=O)C3CCCCC3C2=O)C1C(=O)O. The van der Waals surface area contributed by atoms with Crippen LogP contribution in [0.15, 0.2) is 0 Å². The minimum absolute atomic E-state index is 0.0634. The van der Waals surface area contributed by atoms with Gasteiger partial charge in [-0.15, -0.1) is 0 Å². The lowest BCUT2D eigenvalue weighted by Gasteiger charge is -2.19. The molecule has 0 aromatic rings. The minimum Gasteiger partial charge on any atom is -0.481 e. The van der Waals surface area contributed by atoms with Crippen LogP contribution >= 0.6 is 0 Å². The quantitative estimate of drug-likeness (QED) is 0.795. The molecule has 1 heterocycles. The van der Waals surface area contributed by atoms with Gasteiger partial charge < -0.3 is 5.11 Å². The second kappa shape index (κ2) is 4.30. The van der Waals surface area contributed by atoms with Gasteiger partial charge in [-0.05, 0) is 24.2 Å². The first-order chi connectivity index (χ1) is 9.35. The van der Waals surface area contributed by atoms with E-state index in [1.807, 2.05) is 13.8 Å². The molecule has 4 unspecified atom stereocenters. The Balaban J connectivity index is 1.74. The molecule has 1 saturated heterocycles. The predicted molar refractivity (Wildman–Crippen MR) is 70.6 cm³/mol. The molecule has 4 atom stereocenters. The first-order valence-electron chi connectivity index (χ1n) is 7.43. The molecule has 0 radical (unpaired) electrons. The van der Waals surface area contributed by atoms with Crippen molar-refractivity contribution in [2.24, 2.45) is 29.1 Å². The third-order valence-corrected chi connectivity index (χ3v) is 5.63. The van der Waals surface area contributed by atoms with Crippen LogP contribution in [0.2, 0.25) is 0 Å². The molecule has 3 fully saturated rings. The lowest BCUT2D eigenvalue weighted by atomic mass is 9.81. The average molecular weight is 279 g/mol. The summed E-state index contributed by atoms with van der Waals surface area (Å²) in [6.45, 7) is 4.08. The summed E-state index contributed by atoms with van der Waals surface area (Å²) in [6, 6.07) is 0. The van der Waals surface area contributed by atoms with E-state index in [4.69, 9.17) is 0 Å². The summed E-state index contributed by atoms with van der Waals surface area (Å²) in [5, 5.41) is 9.18. The van der Waals surface area contributed by atoms with Crippen LogP contribution in [0.25, 0.3) is 0 Å². The van der Waals surface area contributed by atoms with Crippen LogP contribution < -0.4 is 0 Å². The molecule has 0 spiro atoms. The summed E-state index contributed by atoms with van der Waals surface area (Å²) < 4.78 is 0. The van der Waals surface area contributed by atoms with E-state index in [0.29, 0.717) is 0 Å². The van der Waals surface area contributed by atoms with Gasteiger partial charge in [-0.3, -0.25) is 19.3 Å². The highest BCUT2D eigenvalue weighted by Gasteiger charge is 2.64. The largest absolute Gasteiger partial charge is 0.481 e. The summed E-state index contributed by atoms with van der Waals surface area (Å²) in [5.74, 6) is -1.77. The second-order valence-electron chi connectivity index (χ2n) is 7.03. The molecule has 2 amide bonds. The fourth-order valence-electron chi connectivity index (χ4n) is 4.18. The Labute approximate surface area is 118 Å². The molecule has 3 rings (SSSR count). The van der Waals surface area contributed by atoms with Gasteiger partial charge in [-0.25, -0.2) is 0 Å². The van der Waals surface area contributed by atoms with Gasteiger partial charge in [0.05, 0.1) is 17.8 Å². The zero-order valence-corrected chi connectivity index (χ0v) is 12.0. The van der Waals surface area contributed by atoms with Crippen molar-refractivity contribution in [2.75, 3.05) is 6.54 Å². The fourth-order valence-corrected chi connectivity index (χ4v) is 4.18. The van der Waals surface area contributed by atoms with Crippen molar-refractivity contribution in [3.8, 4) is 0 Å². The second-order valence-corrected chi connectivity index (χ2v) is 7.03. The van der Waals surface area contributed by atoms with Crippen LogP contribution in [-0.4, -0.2) is 34.3 Å². The van der Waals surface area contributed by atoms with E-state index in [1.165, 1.54) is 4.90 Å². The normalized spacial score (nSPS) is 38.8. The van der Waals surface area contributed by atoms with Crippen molar-refractivity contribution in [2.45, 2.75) is 39.5 Å². The first-order valence-corrected chi connectivity index (χ1v) is 7.43. The first kappa shape index (κ1) is 13.6. The van der Waals surface area contributed by atoms with Crippen molar-refractivity contribution >= 4 is 17.8 Å². The topological polar surface area (TPSA) is 74.7 Å². The molecule has 2 aliphatic carbocycles. The van der Waals surface area contributed by atoms with Gasteiger partial charge in [0.1, 0.15) is 0 Å². The van der Waals surface area contributed by atoms with Crippen LogP contribution in [0, 0.1) is 29.1 Å². The number of likely N-dealkylation sites (tertiary alicyclic amines) is 1. The summed E-state index contributed by atoms with van der Waals surface area (Å²) >= 11 is 0. The maximum Gasteiger partial charge on any atom is 0.307 e. The molecule has 0 aromatic heterocycles. The number of carboxylic acid groups (broad SMARTS) is 1. The Hall–Kier alpha value is -1.39. The third kappa shape index (κ3) is 1.79. The van der Waals surface area contributed by atoms with Gasteiger partial charge in [-0.2, -0.15) is 0 Å². The van der Waals surface area contributed by atoms with Crippen molar-refractivity contribution in [3.05, 3.63) is 0 Å². The lowest BCUT2D eigenvalue weighted by molar-refractivity contribution is -0.142. The zero-order chi connectivity index (χ0) is 14.7. The Morgan fingerprint density at radius 1 is 1.20 bits per heavy atom. The van der Waals surface area contributed by atoms with Crippen LogP contribution in [0.3, 0.4) is 0 Å². The van der Waals surface area contributed by atoms with Crippen LogP contribution in [0.4, 0.5) is 0 Å². The number of hydrogen-bond acceptors (Lipinski definition) is 3. The molecule has 1 aliphatic heterocycles. The highest BCUT2D eigenvalue weighted by atomic mass is 16.4. The van der Waals surface area contributed by atoms with E-state index in [9.17, 15) is 19.5 Å². The van der Waals surface area contributed by atoms with Gasteiger partial charge in [-0.1, -0.05) is 26.7 Å². The molecule has 20 heavy (non-hydrogen) atoms. The summed E-state index contributed by atoms with van der Waals surface area (Å²) in [4.78, 5) is 37.3. The smallest absolute Gasteiger partial charge is 0.307 e. The molecule has 0 aromatic carbocycles. The van der Waals surface area contributed by atoms with Gasteiger partial charge in [0, 0.05) is 6.54 Å². The summed E-state index contributed by atoms with van der Waals surface area (Å²) in [6.07, 6.45) is 3.64. The number of carboxylic acids is 1.